The first-order valence-corrected chi connectivity index (χ1v) is 8.50. The molecule has 0 fully saturated rings. The molecule has 1 N–H and O–H groups in total. The second kappa shape index (κ2) is 6.47. The molecule has 1 aromatic heterocycles. The average Bonchev–Trinajstić information content (AvgIpc) is 2.85. The van der Waals surface area contributed by atoms with E-state index in [2.05, 4.69) is 51.4 Å². The second-order valence-corrected chi connectivity index (χ2v) is 7.96. The second-order valence-electron chi connectivity index (χ2n) is 6.63. The summed E-state index contributed by atoms with van der Waals surface area (Å²) in [7, 11) is 0. The number of nitrogens with zero attached hydrogens (tertiary/aromatic N) is 1. The van der Waals surface area contributed by atoms with Crippen LogP contribution in [0.4, 0.5) is 0 Å². The van der Waals surface area contributed by atoms with Crippen LogP contribution in [0.2, 0.25) is 5.02 Å². The van der Waals surface area contributed by atoms with Crippen molar-refractivity contribution < 1.29 is 0 Å². The van der Waals surface area contributed by atoms with Crippen LogP contribution >= 0.6 is 22.9 Å². The molecule has 0 bridgehead atoms. The summed E-state index contributed by atoms with van der Waals surface area (Å²) in [6, 6.07) is 8.47. The average molecular weight is 323 g/mol. The Morgan fingerprint density at radius 2 is 1.95 bits per heavy atom. The predicted octanol–water partition coefficient (Wildman–Crippen LogP) is 5.18. The van der Waals surface area contributed by atoms with E-state index in [1.807, 2.05) is 18.2 Å². The highest BCUT2D eigenvalue weighted by Crippen LogP contribution is 2.31. The zero-order valence-corrected chi connectivity index (χ0v) is 14.8. The minimum atomic E-state index is 0.0749. The minimum absolute atomic E-state index is 0.0749. The van der Waals surface area contributed by atoms with Gasteiger partial charge in [-0.05, 0) is 31.5 Å². The highest BCUT2D eigenvalue weighted by Gasteiger charge is 2.23. The molecular weight excluding hydrogens is 300 g/mol. The fraction of sp³-hybridized carbons (Fsp3) is 0.471. The van der Waals surface area contributed by atoms with E-state index in [9.17, 15) is 0 Å². The van der Waals surface area contributed by atoms with Crippen molar-refractivity contribution in [3.8, 4) is 0 Å². The van der Waals surface area contributed by atoms with E-state index < -0.39 is 0 Å². The van der Waals surface area contributed by atoms with Gasteiger partial charge in [-0.2, -0.15) is 0 Å². The van der Waals surface area contributed by atoms with Gasteiger partial charge in [-0.1, -0.05) is 44.5 Å². The zero-order chi connectivity index (χ0) is 15.6. The lowest BCUT2D eigenvalue weighted by atomic mass is 9.93. The van der Waals surface area contributed by atoms with Crippen LogP contribution in [0, 0.1) is 0 Å². The maximum absolute atomic E-state index is 6.15. The lowest BCUT2D eigenvalue weighted by Crippen LogP contribution is -2.29. The van der Waals surface area contributed by atoms with E-state index in [4.69, 9.17) is 16.6 Å². The highest BCUT2D eigenvalue weighted by molar-refractivity contribution is 7.09. The van der Waals surface area contributed by atoms with Crippen molar-refractivity contribution in [2.24, 2.45) is 0 Å². The third-order valence-electron chi connectivity index (χ3n) is 3.22. The van der Waals surface area contributed by atoms with Crippen LogP contribution in [-0.4, -0.2) is 11.0 Å². The number of rotatable bonds is 4. The fourth-order valence-corrected chi connectivity index (χ4v) is 3.42. The SMILES string of the molecule is CC(C)NC(c1cccc(Cl)c1)c1nc(C(C)(C)C)cs1. The summed E-state index contributed by atoms with van der Waals surface area (Å²) in [5, 5.41) is 7.61. The molecule has 0 aliphatic rings. The Hall–Kier alpha value is -0.900. The molecule has 21 heavy (non-hydrogen) atoms. The monoisotopic (exact) mass is 322 g/mol. The molecule has 2 aromatic rings. The van der Waals surface area contributed by atoms with Crippen LogP contribution in [0.5, 0.6) is 0 Å². The molecule has 1 aromatic carbocycles. The highest BCUT2D eigenvalue weighted by atomic mass is 35.5. The third-order valence-corrected chi connectivity index (χ3v) is 4.36. The summed E-state index contributed by atoms with van der Waals surface area (Å²) in [5.41, 5.74) is 2.37. The van der Waals surface area contributed by atoms with Gasteiger partial charge in [-0.3, -0.25) is 0 Å². The Morgan fingerprint density at radius 1 is 1.24 bits per heavy atom. The number of thiazole rings is 1. The molecule has 114 valence electrons. The van der Waals surface area contributed by atoms with Gasteiger partial charge in [0.05, 0.1) is 11.7 Å². The maximum Gasteiger partial charge on any atom is 0.114 e. The number of benzene rings is 1. The van der Waals surface area contributed by atoms with Crippen molar-refractivity contribution in [2.75, 3.05) is 0 Å². The predicted molar refractivity (Wildman–Crippen MR) is 92.4 cm³/mol. The first-order chi connectivity index (χ1) is 9.77. The van der Waals surface area contributed by atoms with E-state index in [-0.39, 0.29) is 11.5 Å². The lowest BCUT2D eigenvalue weighted by Gasteiger charge is -2.20. The topological polar surface area (TPSA) is 24.9 Å². The molecule has 4 heteroatoms. The van der Waals surface area contributed by atoms with Gasteiger partial charge in [0.25, 0.3) is 0 Å². The van der Waals surface area contributed by atoms with Crippen LogP contribution in [0.3, 0.4) is 0 Å². The van der Waals surface area contributed by atoms with Crippen molar-refractivity contribution in [1.82, 2.24) is 10.3 Å². The van der Waals surface area contributed by atoms with Crippen LogP contribution in [0.1, 0.15) is 56.9 Å². The molecule has 0 aliphatic carbocycles. The summed E-state index contributed by atoms with van der Waals surface area (Å²) in [6.45, 7) is 10.9. The first kappa shape index (κ1) is 16.5. The minimum Gasteiger partial charge on any atom is -0.302 e. The molecular formula is C17H23ClN2S. The first-order valence-electron chi connectivity index (χ1n) is 7.25. The van der Waals surface area contributed by atoms with Gasteiger partial charge in [0.1, 0.15) is 5.01 Å². The van der Waals surface area contributed by atoms with Crippen LogP contribution in [0.15, 0.2) is 29.6 Å². The summed E-state index contributed by atoms with van der Waals surface area (Å²) in [5.74, 6) is 0. The van der Waals surface area contributed by atoms with Gasteiger partial charge in [-0.15, -0.1) is 11.3 Å². The van der Waals surface area contributed by atoms with E-state index in [0.717, 1.165) is 21.3 Å². The Balaban J connectivity index is 2.39. The number of halogens is 1. The van der Waals surface area contributed by atoms with Crippen LogP contribution < -0.4 is 5.32 Å². The van der Waals surface area contributed by atoms with Gasteiger partial charge in [0.2, 0.25) is 0 Å². The van der Waals surface area contributed by atoms with Crippen molar-refractivity contribution in [1.29, 1.82) is 0 Å². The zero-order valence-electron chi connectivity index (χ0n) is 13.3. The van der Waals surface area contributed by atoms with Crippen molar-refractivity contribution in [3.63, 3.8) is 0 Å². The van der Waals surface area contributed by atoms with Gasteiger partial charge >= 0.3 is 0 Å². The summed E-state index contributed by atoms with van der Waals surface area (Å²) in [4.78, 5) is 4.85. The lowest BCUT2D eigenvalue weighted by molar-refractivity contribution is 0.519. The smallest absolute Gasteiger partial charge is 0.114 e. The Bertz CT molecular complexity index is 599. The van der Waals surface area contributed by atoms with E-state index in [1.54, 1.807) is 11.3 Å². The number of aromatic nitrogens is 1. The van der Waals surface area contributed by atoms with Gasteiger partial charge in [-0.25, -0.2) is 4.98 Å². The molecule has 1 unspecified atom stereocenters. The van der Waals surface area contributed by atoms with Crippen LogP contribution in [0.25, 0.3) is 0 Å². The molecule has 2 rings (SSSR count). The molecule has 0 aliphatic heterocycles. The normalized spacial score (nSPS) is 13.7. The van der Waals surface area contributed by atoms with E-state index >= 15 is 0 Å². The quantitative estimate of drug-likeness (QED) is 0.838. The fourth-order valence-electron chi connectivity index (χ4n) is 2.09. The number of hydrogen-bond donors (Lipinski definition) is 1. The van der Waals surface area contributed by atoms with Gasteiger partial charge in [0.15, 0.2) is 0 Å². The molecule has 1 atom stereocenters. The van der Waals surface area contributed by atoms with Crippen molar-refractivity contribution >= 4 is 22.9 Å². The molecule has 1 heterocycles. The Morgan fingerprint density at radius 3 is 2.48 bits per heavy atom. The standard InChI is InChI=1S/C17H23ClN2S/c1-11(2)19-15(12-7-6-8-13(18)9-12)16-20-14(10-21-16)17(3,4)5/h6-11,15,19H,1-5H3. The van der Waals surface area contributed by atoms with Crippen molar-refractivity contribution in [2.45, 2.75) is 52.1 Å². The number of hydrogen-bond acceptors (Lipinski definition) is 3. The molecule has 0 amide bonds. The van der Waals surface area contributed by atoms with Crippen LogP contribution in [-0.2, 0) is 5.41 Å². The largest absolute Gasteiger partial charge is 0.302 e. The number of nitrogens with one attached hydrogen (secondary N) is 1. The molecule has 0 radical (unpaired) electrons. The van der Waals surface area contributed by atoms with Gasteiger partial charge < -0.3 is 5.32 Å². The van der Waals surface area contributed by atoms with Crippen molar-refractivity contribution in [3.05, 3.63) is 50.9 Å². The molecule has 0 spiro atoms. The molecule has 2 nitrogen and oxygen atoms in total. The third kappa shape index (κ3) is 4.29. The Kier molecular flexibility index (Phi) is 5.07. The maximum atomic E-state index is 6.15. The Labute approximate surface area is 136 Å². The summed E-state index contributed by atoms with van der Waals surface area (Å²) < 4.78 is 0. The van der Waals surface area contributed by atoms with Gasteiger partial charge in [0, 0.05) is 21.9 Å². The molecule has 0 saturated carbocycles. The van der Waals surface area contributed by atoms with E-state index in [0.29, 0.717) is 6.04 Å². The summed E-state index contributed by atoms with van der Waals surface area (Å²) >= 11 is 7.86. The molecule has 0 saturated heterocycles. The summed E-state index contributed by atoms with van der Waals surface area (Å²) in [6.07, 6.45) is 0. The van der Waals surface area contributed by atoms with E-state index in [1.165, 1.54) is 0 Å².